The second kappa shape index (κ2) is 5.64. The van der Waals surface area contributed by atoms with E-state index in [0.717, 1.165) is 26.0 Å². The zero-order valence-electron chi connectivity index (χ0n) is 9.24. The molecule has 2 atom stereocenters. The van der Waals surface area contributed by atoms with Crippen molar-refractivity contribution < 1.29 is 4.74 Å². The van der Waals surface area contributed by atoms with E-state index in [9.17, 15) is 0 Å². The van der Waals surface area contributed by atoms with Crippen molar-refractivity contribution in [2.75, 3.05) is 6.61 Å². The first kappa shape index (κ1) is 11.1. The number of hydrogen-bond donors (Lipinski definition) is 1. The number of hydrogen-bond acceptors (Lipinski definition) is 3. The van der Waals surface area contributed by atoms with E-state index in [2.05, 4.69) is 29.1 Å². The van der Waals surface area contributed by atoms with Gasteiger partial charge in [0.2, 0.25) is 0 Å². The molecule has 0 aromatic carbocycles. The molecule has 2 unspecified atom stereocenters. The topological polar surface area (TPSA) is 21.3 Å². The first-order valence-electron chi connectivity index (χ1n) is 5.74. The molecule has 0 aliphatic carbocycles. The lowest BCUT2D eigenvalue weighted by molar-refractivity contribution is -0.000313. The summed E-state index contributed by atoms with van der Waals surface area (Å²) < 4.78 is 5.66. The summed E-state index contributed by atoms with van der Waals surface area (Å²) in [4.78, 5) is 0. The van der Waals surface area contributed by atoms with E-state index in [1.165, 1.54) is 12.0 Å². The quantitative estimate of drug-likeness (QED) is 0.851. The van der Waals surface area contributed by atoms with Gasteiger partial charge in [-0.1, -0.05) is 6.92 Å². The van der Waals surface area contributed by atoms with E-state index in [1.807, 2.05) is 0 Å². The van der Waals surface area contributed by atoms with Crippen molar-refractivity contribution in [3.8, 4) is 0 Å². The molecule has 0 amide bonds. The summed E-state index contributed by atoms with van der Waals surface area (Å²) in [5, 5.41) is 7.96. The van der Waals surface area contributed by atoms with Crippen LogP contribution in [0.4, 0.5) is 0 Å². The van der Waals surface area contributed by atoms with Gasteiger partial charge in [-0.25, -0.2) is 0 Å². The lowest BCUT2D eigenvalue weighted by Gasteiger charge is -2.29. The van der Waals surface area contributed by atoms with Crippen LogP contribution in [-0.4, -0.2) is 18.8 Å². The molecule has 2 nitrogen and oxygen atoms in total. The van der Waals surface area contributed by atoms with Gasteiger partial charge in [-0.15, -0.1) is 0 Å². The smallest absolute Gasteiger partial charge is 0.0587 e. The fraction of sp³-hybridized carbons (Fsp3) is 0.667. The highest BCUT2D eigenvalue weighted by Gasteiger charge is 2.20. The maximum absolute atomic E-state index is 5.66. The molecule has 1 N–H and O–H groups in total. The molecule has 1 aromatic heterocycles. The first-order chi connectivity index (χ1) is 7.38. The van der Waals surface area contributed by atoms with E-state index in [4.69, 9.17) is 4.74 Å². The van der Waals surface area contributed by atoms with Crippen LogP contribution in [0.5, 0.6) is 0 Å². The van der Waals surface area contributed by atoms with Gasteiger partial charge in [-0.2, -0.15) is 11.3 Å². The third kappa shape index (κ3) is 3.30. The van der Waals surface area contributed by atoms with Crippen molar-refractivity contribution in [3.63, 3.8) is 0 Å². The van der Waals surface area contributed by atoms with Gasteiger partial charge < -0.3 is 10.1 Å². The molecule has 0 bridgehead atoms. The van der Waals surface area contributed by atoms with Gasteiger partial charge in [0.1, 0.15) is 0 Å². The Balaban J connectivity index is 1.74. The van der Waals surface area contributed by atoms with E-state index < -0.39 is 0 Å². The Hall–Kier alpha value is -0.380. The molecule has 1 aliphatic heterocycles. The van der Waals surface area contributed by atoms with Gasteiger partial charge in [0.05, 0.1) is 6.10 Å². The molecule has 0 spiro atoms. The van der Waals surface area contributed by atoms with Crippen LogP contribution in [0.25, 0.3) is 0 Å². The number of ether oxygens (including phenoxy) is 1. The maximum atomic E-state index is 5.66. The van der Waals surface area contributed by atoms with E-state index in [-0.39, 0.29) is 0 Å². The van der Waals surface area contributed by atoms with Crippen LogP contribution in [0, 0.1) is 0 Å². The highest BCUT2D eigenvalue weighted by Crippen LogP contribution is 2.17. The zero-order valence-corrected chi connectivity index (χ0v) is 10.1. The number of nitrogens with one attached hydrogen (secondary N) is 1. The van der Waals surface area contributed by atoms with Crippen molar-refractivity contribution >= 4 is 11.3 Å². The average molecular weight is 225 g/mol. The first-order valence-corrected chi connectivity index (χ1v) is 6.69. The normalized spacial score (nSPS) is 26.7. The van der Waals surface area contributed by atoms with E-state index in [1.54, 1.807) is 11.3 Å². The molecular weight excluding hydrogens is 206 g/mol. The second-order valence-corrected chi connectivity index (χ2v) is 4.91. The minimum Gasteiger partial charge on any atom is -0.378 e. The van der Waals surface area contributed by atoms with Gasteiger partial charge in [0.15, 0.2) is 0 Å². The molecule has 84 valence electrons. The summed E-state index contributed by atoms with van der Waals surface area (Å²) in [6, 6.07) is 2.83. The standard InChI is InChI=1S/C12H19NOS/c1-2-12-7-11(3-5-14-12)13-8-10-4-6-15-9-10/h4,6,9,11-13H,2-3,5,7-8H2,1H3. The molecule has 2 heterocycles. The van der Waals surface area contributed by atoms with Crippen LogP contribution >= 0.6 is 11.3 Å². The van der Waals surface area contributed by atoms with Crippen LogP contribution in [0.2, 0.25) is 0 Å². The molecule has 0 radical (unpaired) electrons. The molecule has 2 rings (SSSR count). The maximum Gasteiger partial charge on any atom is 0.0587 e. The third-order valence-corrected chi connectivity index (χ3v) is 3.73. The number of rotatable bonds is 4. The Morgan fingerprint density at radius 3 is 3.27 bits per heavy atom. The van der Waals surface area contributed by atoms with Crippen molar-refractivity contribution in [3.05, 3.63) is 22.4 Å². The zero-order chi connectivity index (χ0) is 10.5. The summed E-state index contributed by atoms with van der Waals surface area (Å²) in [6.45, 7) is 4.12. The molecular formula is C12H19NOS. The van der Waals surface area contributed by atoms with Crippen LogP contribution in [0.1, 0.15) is 31.7 Å². The predicted molar refractivity (Wildman–Crippen MR) is 64.2 cm³/mol. The highest BCUT2D eigenvalue weighted by molar-refractivity contribution is 7.07. The summed E-state index contributed by atoms with van der Waals surface area (Å²) >= 11 is 1.77. The summed E-state index contributed by atoms with van der Waals surface area (Å²) in [5.74, 6) is 0. The minimum atomic E-state index is 0.471. The Morgan fingerprint density at radius 2 is 2.53 bits per heavy atom. The SMILES string of the molecule is CCC1CC(NCc2ccsc2)CCO1. The molecule has 0 saturated carbocycles. The van der Waals surface area contributed by atoms with Gasteiger partial charge >= 0.3 is 0 Å². The average Bonchev–Trinajstić information content (AvgIpc) is 2.79. The van der Waals surface area contributed by atoms with Gasteiger partial charge in [-0.05, 0) is 41.7 Å². The third-order valence-electron chi connectivity index (χ3n) is 3.00. The van der Waals surface area contributed by atoms with Gasteiger partial charge in [0, 0.05) is 19.2 Å². The van der Waals surface area contributed by atoms with Crippen LogP contribution in [-0.2, 0) is 11.3 Å². The van der Waals surface area contributed by atoms with Crippen LogP contribution in [0.15, 0.2) is 16.8 Å². The van der Waals surface area contributed by atoms with Crippen molar-refractivity contribution in [1.82, 2.24) is 5.32 Å². The monoisotopic (exact) mass is 225 g/mol. The fourth-order valence-electron chi connectivity index (χ4n) is 2.01. The molecule has 1 aromatic rings. The predicted octanol–water partition coefficient (Wildman–Crippen LogP) is 2.80. The molecule has 1 saturated heterocycles. The summed E-state index contributed by atoms with van der Waals surface area (Å²) in [7, 11) is 0. The van der Waals surface area contributed by atoms with Crippen molar-refractivity contribution in [1.29, 1.82) is 0 Å². The Kier molecular flexibility index (Phi) is 4.18. The fourth-order valence-corrected chi connectivity index (χ4v) is 2.67. The van der Waals surface area contributed by atoms with Gasteiger partial charge in [0.25, 0.3) is 0 Å². The molecule has 3 heteroatoms. The highest BCUT2D eigenvalue weighted by atomic mass is 32.1. The lowest BCUT2D eigenvalue weighted by Crippen LogP contribution is -2.38. The van der Waals surface area contributed by atoms with Crippen LogP contribution in [0.3, 0.4) is 0 Å². The van der Waals surface area contributed by atoms with Crippen molar-refractivity contribution in [2.45, 2.75) is 44.9 Å². The van der Waals surface area contributed by atoms with E-state index >= 15 is 0 Å². The Morgan fingerprint density at radius 1 is 1.60 bits per heavy atom. The van der Waals surface area contributed by atoms with E-state index in [0.29, 0.717) is 12.1 Å². The molecule has 15 heavy (non-hydrogen) atoms. The number of thiophene rings is 1. The Bertz CT molecular complexity index is 273. The Labute approximate surface area is 95.6 Å². The van der Waals surface area contributed by atoms with Crippen molar-refractivity contribution in [2.24, 2.45) is 0 Å². The molecule has 1 aliphatic rings. The molecule has 1 fully saturated rings. The van der Waals surface area contributed by atoms with Gasteiger partial charge in [-0.3, -0.25) is 0 Å². The second-order valence-electron chi connectivity index (χ2n) is 4.13. The summed E-state index contributed by atoms with van der Waals surface area (Å²) in [6.07, 6.45) is 3.93. The summed E-state index contributed by atoms with van der Waals surface area (Å²) in [5.41, 5.74) is 1.40. The minimum absolute atomic E-state index is 0.471. The van der Waals surface area contributed by atoms with Crippen LogP contribution < -0.4 is 5.32 Å². The largest absolute Gasteiger partial charge is 0.378 e. The lowest BCUT2D eigenvalue weighted by atomic mass is 10.0.